The Bertz CT molecular complexity index is 937. The second-order valence-corrected chi connectivity index (χ2v) is 8.76. The molecule has 0 saturated heterocycles. The quantitative estimate of drug-likeness (QED) is 0.204. The highest BCUT2D eigenvalue weighted by Crippen LogP contribution is 2.47. The zero-order valence-electron chi connectivity index (χ0n) is 18.4. The summed E-state index contributed by atoms with van der Waals surface area (Å²) >= 11 is 0. The van der Waals surface area contributed by atoms with Crippen molar-refractivity contribution < 1.29 is 23.1 Å². The number of benzene rings is 2. The van der Waals surface area contributed by atoms with Crippen molar-refractivity contribution in [3.63, 3.8) is 0 Å². The van der Waals surface area contributed by atoms with E-state index >= 15 is 0 Å². The molecular weight excluding hydrogens is 413 g/mol. The van der Waals surface area contributed by atoms with Crippen LogP contribution in [0.25, 0.3) is 0 Å². The van der Waals surface area contributed by atoms with E-state index in [4.69, 9.17) is 13.8 Å². The first-order valence-corrected chi connectivity index (χ1v) is 11.7. The minimum atomic E-state index is -3.98. The summed E-state index contributed by atoms with van der Waals surface area (Å²) in [5.41, 5.74) is 1.94. The molecule has 2 aromatic carbocycles. The van der Waals surface area contributed by atoms with Gasteiger partial charge in [0.2, 0.25) is 0 Å². The molecule has 0 amide bonds. The van der Waals surface area contributed by atoms with Crippen LogP contribution >= 0.6 is 7.75 Å². The van der Waals surface area contributed by atoms with Crippen molar-refractivity contribution in [3.05, 3.63) is 89.7 Å². The molecule has 1 N–H and O–H groups in total. The second kappa shape index (κ2) is 12.1. The molecule has 7 heteroatoms. The first-order valence-electron chi connectivity index (χ1n) is 10.2. The van der Waals surface area contributed by atoms with Crippen LogP contribution in [-0.4, -0.2) is 18.6 Å². The number of carbonyl (C=O) groups is 1. The summed E-state index contributed by atoms with van der Waals surface area (Å²) < 4.78 is 30.4. The van der Waals surface area contributed by atoms with Crippen LogP contribution in [0, 0.1) is 0 Å². The maximum Gasteiger partial charge on any atom is 0.513 e. The first kappa shape index (κ1) is 24.4. The van der Waals surface area contributed by atoms with Crippen LogP contribution in [0.2, 0.25) is 0 Å². The molecule has 0 radical (unpaired) electrons. The molecule has 1 unspecified atom stereocenters. The van der Waals surface area contributed by atoms with Gasteiger partial charge in [0.1, 0.15) is 17.6 Å². The Balaban J connectivity index is 2.33. The topological polar surface area (TPSA) is 73.9 Å². The van der Waals surface area contributed by atoms with Crippen LogP contribution in [0.1, 0.15) is 33.3 Å². The van der Waals surface area contributed by atoms with Gasteiger partial charge in [0.15, 0.2) is 0 Å². The number of carbonyl (C=O) groups excluding carboxylic acids is 1. The molecular formula is C24H30NO5P. The van der Waals surface area contributed by atoms with E-state index < -0.39 is 19.8 Å². The summed E-state index contributed by atoms with van der Waals surface area (Å²) in [6, 6.07) is 17.2. The zero-order valence-corrected chi connectivity index (χ0v) is 19.3. The van der Waals surface area contributed by atoms with Crippen molar-refractivity contribution in [1.29, 1.82) is 0 Å². The molecule has 2 aromatic rings. The molecule has 0 heterocycles. The summed E-state index contributed by atoms with van der Waals surface area (Å²) in [5, 5.41) is 2.81. The number of allylic oxidation sites excluding steroid dienone is 4. The van der Waals surface area contributed by atoms with Gasteiger partial charge in [-0.05, 0) is 57.9 Å². The highest BCUT2D eigenvalue weighted by Gasteiger charge is 2.35. The van der Waals surface area contributed by atoms with Gasteiger partial charge >= 0.3 is 13.7 Å². The Labute approximate surface area is 184 Å². The van der Waals surface area contributed by atoms with Crippen molar-refractivity contribution in [2.45, 2.75) is 40.2 Å². The fourth-order valence-electron chi connectivity index (χ4n) is 2.66. The van der Waals surface area contributed by atoms with Crippen molar-refractivity contribution in [3.8, 4) is 5.75 Å². The van der Waals surface area contributed by atoms with E-state index in [0.717, 1.165) is 11.1 Å². The van der Waals surface area contributed by atoms with Gasteiger partial charge in [-0.25, -0.2) is 4.57 Å². The molecule has 0 spiro atoms. The molecule has 166 valence electrons. The standard InChI is InChI=1S/C24H30NO5P/c1-5-28-24(26)23(18-21-12-8-6-9-13-21)25-31(27,29-20(4)17-16-19(2)3)30-22-14-10-7-11-15-22/h6-17,23H,5,18H2,1-4H3,(H,25,27)/b20-17+/t23-,31?/m0/s1. The third kappa shape index (κ3) is 8.83. The van der Waals surface area contributed by atoms with Gasteiger partial charge in [-0.1, -0.05) is 60.2 Å². The third-order valence-electron chi connectivity index (χ3n) is 4.05. The molecule has 0 bridgehead atoms. The van der Waals surface area contributed by atoms with Crippen LogP contribution in [0.4, 0.5) is 0 Å². The normalized spacial score (nSPS) is 14.1. The van der Waals surface area contributed by atoms with Crippen molar-refractivity contribution in [2.24, 2.45) is 0 Å². The summed E-state index contributed by atoms with van der Waals surface area (Å²) in [6.07, 6.45) is 3.81. The molecule has 0 aliphatic rings. The van der Waals surface area contributed by atoms with Gasteiger partial charge in [0, 0.05) is 0 Å². The summed E-state index contributed by atoms with van der Waals surface area (Å²) in [4.78, 5) is 12.6. The molecule has 0 aromatic heterocycles. The lowest BCUT2D eigenvalue weighted by molar-refractivity contribution is -0.145. The van der Waals surface area contributed by atoms with E-state index in [1.807, 2.05) is 56.3 Å². The van der Waals surface area contributed by atoms with Crippen LogP contribution < -0.4 is 9.61 Å². The van der Waals surface area contributed by atoms with E-state index in [-0.39, 0.29) is 13.0 Å². The maximum absolute atomic E-state index is 13.7. The number of rotatable bonds is 11. The van der Waals surface area contributed by atoms with Crippen LogP contribution in [-0.2, 0) is 25.0 Å². The highest BCUT2D eigenvalue weighted by molar-refractivity contribution is 7.52. The van der Waals surface area contributed by atoms with Gasteiger partial charge in [-0.15, -0.1) is 0 Å². The second-order valence-electron chi connectivity index (χ2n) is 7.14. The lowest BCUT2D eigenvalue weighted by atomic mass is 10.1. The average molecular weight is 443 g/mol. The van der Waals surface area contributed by atoms with Crippen molar-refractivity contribution in [2.75, 3.05) is 6.61 Å². The fourth-order valence-corrected chi connectivity index (χ4v) is 4.22. The predicted octanol–water partition coefficient (Wildman–Crippen LogP) is 5.82. The molecule has 0 fully saturated rings. The van der Waals surface area contributed by atoms with Crippen LogP contribution in [0.5, 0.6) is 5.75 Å². The Kier molecular flexibility index (Phi) is 9.57. The number of nitrogens with one attached hydrogen (secondary N) is 1. The van der Waals surface area contributed by atoms with Gasteiger partial charge < -0.3 is 13.8 Å². The number of hydrogen-bond donors (Lipinski definition) is 1. The minimum absolute atomic E-state index is 0.204. The van der Waals surface area contributed by atoms with Gasteiger partial charge in [-0.2, -0.15) is 5.09 Å². The van der Waals surface area contributed by atoms with Gasteiger partial charge in [0.05, 0.1) is 6.61 Å². The lowest BCUT2D eigenvalue weighted by Gasteiger charge is -2.25. The largest absolute Gasteiger partial charge is 0.513 e. The van der Waals surface area contributed by atoms with Gasteiger partial charge in [0.25, 0.3) is 0 Å². The lowest BCUT2D eigenvalue weighted by Crippen LogP contribution is -2.39. The summed E-state index contributed by atoms with van der Waals surface area (Å²) in [5.74, 6) is 0.212. The SMILES string of the molecule is CCOC(=O)[C@H](Cc1ccccc1)NP(=O)(O/C(C)=C/C=C(C)C)Oc1ccccc1. The van der Waals surface area contributed by atoms with E-state index in [2.05, 4.69) is 5.09 Å². The monoisotopic (exact) mass is 443 g/mol. The van der Waals surface area contributed by atoms with E-state index in [9.17, 15) is 9.36 Å². The Morgan fingerprint density at radius 3 is 2.19 bits per heavy atom. The highest BCUT2D eigenvalue weighted by atomic mass is 31.2. The Morgan fingerprint density at radius 2 is 1.61 bits per heavy atom. The molecule has 0 saturated carbocycles. The third-order valence-corrected chi connectivity index (χ3v) is 5.66. The zero-order chi connectivity index (χ0) is 22.7. The Hall–Kier alpha value is -2.82. The predicted molar refractivity (Wildman–Crippen MR) is 123 cm³/mol. The average Bonchev–Trinajstić information content (AvgIpc) is 2.73. The molecule has 2 atom stereocenters. The first-order chi connectivity index (χ1) is 14.8. The molecule has 6 nitrogen and oxygen atoms in total. The number of esters is 1. The Morgan fingerprint density at radius 1 is 1.00 bits per heavy atom. The van der Waals surface area contributed by atoms with Crippen molar-refractivity contribution in [1.82, 2.24) is 5.09 Å². The fraction of sp³-hybridized carbons (Fsp3) is 0.292. The summed E-state index contributed by atoms with van der Waals surface area (Å²) in [7, 11) is -3.98. The van der Waals surface area contributed by atoms with Gasteiger partial charge in [-0.3, -0.25) is 4.79 Å². The van der Waals surface area contributed by atoms with Crippen LogP contribution in [0.15, 0.2) is 84.1 Å². The minimum Gasteiger partial charge on any atom is -0.465 e. The van der Waals surface area contributed by atoms with Crippen molar-refractivity contribution >= 4 is 13.7 Å². The summed E-state index contributed by atoms with van der Waals surface area (Å²) in [6.45, 7) is 7.49. The molecule has 2 rings (SSSR count). The number of ether oxygens (including phenoxy) is 1. The van der Waals surface area contributed by atoms with E-state index in [1.54, 1.807) is 44.2 Å². The van der Waals surface area contributed by atoms with Crippen LogP contribution in [0.3, 0.4) is 0 Å². The maximum atomic E-state index is 13.7. The number of hydrogen-bond acceptors (Lipinski definition) is 5. The van der Waals surface area contributed by atoms with E-state index in [0.29, 0.717) is 11.5 Å². The molecule has 0 aliphatic heterocycles. The number of para-hydroxylation sites is 1. The molecule has 0 aliphatic carbocycles. The smallest absolute Gasteiger partial charge is 0.465 e. The van der Waals surface area contributed by atoms with E-state index in [1.165, 1.54) is 0 Å². The molecule has 31 heavy (non-hydrogen) atoms.